The molecule has 9 heteroatoms. The highest BCUT2D eigenvalue weighted by Crippen LogP contribution is 2.44. The van der Waals surface area contributed by atoms with Crippen LogP contribution >= 0.6 is 23.2 Å². The molecule has 214 valence electrons. The van der Waals surface area contributed by atoms with Gasteiger partial charge in [-0.05, 0) is 57.6 Å². The predicted molar refractivity (Wildman–Crippen MR) is 162 cm³/mol. The molecular formula is C33H28Cl2N2O5. The molecule has 0 fully saturated rings. The van der Waals surface area contributed by atoms with Crippen molar-refractivity contribution in [3.05, 3.63) is 129 Å². The Hall–Kier alpha value is -4.33. The van der Waals surface area contributed by atoms with Crippen molar-refractivity contribution in [2.45, 2.75) is 30.8 Å². The second kappa shape index (κ2) is 13.1. The molecular weight excluding hydrogens is 575 g/mol. The molecule has 4 aromatic rings. The van der Waals surface area contributed by atoms with Crippen LogP contribution in [0.15, 0.2) is 97.1 Å². The number of rotatable bonds is 10. The van der Waals surface area contributed by atoms with Crippen LogP contribution in [0.25, 0.3) is 11.1 Å². The summed E-state index contributed by atoms with van der Waals surface area (Å²) in [6.45, 7) is 0.0729. The average molecular weight is 604 g/mol. The fourth-order valence-electron chi connectivity index (χ4n) is 5.18. The average Bonchev–Trinajstić information content (AvgIpc) is 3.31. The van der Waals surface area contributed by atoms with Crippen molar-refractivity contribution in [3.63, 3.8) is 0 Å². The molecule has 5 rings (SSSR count). The molecule has 7 nitrogen and oxygen atoms in total. The number of aliphatic carboxylic acids is 1. The van der Waals surface area contributed by atoms with Crippen molar-refractivity contribution in [2.24, 2.45) is 0 Å². The third-order valence-corrected chi connectivity index (χ3v) is 7.78. The van der Waals surface area contributed by atoms with Gasteiger partial charge >= 0.3 is 12.1 Å². The highest BCUT2D eigenvalue weighted by Gasteiger charge is 2.31. The lowest BCUT2D eigenvalue weighted by atomic mass is 9.98. The Bertz CT molecular complexity index is 1550. The Kier molecular flexibility index (Phi) is 9.10. The SMILES string of the molecule is O=C(N[C@H](Cc1ccc(Cl)cc1)C(=O)N[C@H](Cc1ccc(Cl)cc1)C(=O)O)OCC1c2ccccc2-c2ccccc21. The Labute approximate surface area is 253 Å². The van der Waals surface area contributed by atoms with E-state index in [1.54, 1.807) is 48.5 Å². The van der Waals surface area contributed by atoms with E-state index in [1.807, 2.05) is 48.5 Å². The predicted octanol–water partition coefficient (Wildman–Crippen LogP) is 6.26. The lowest BCUT2D eigenvalue weighted by Gasteiger charge is -2.22. The van der Waals surface area contributed by atoms with Crippen LogP contribution < -0.4 is 10.6 Å². The number of hydrogen-bond donors (Lipinski definition) is 3. The number of carbonyl (C=O) groups excluding carboxylic acids is 2. The van der Waals surface area contributed by atoms with Gasteiger partial charge in [0.1, 0.15) is 18.7 Å². The summed E-state index contributed by atoms with van der Waals surface area (Å²) in [6, 6.07) is 27.2. The van der Waals surface area contributed by atoms with Crippen molar-refractivity contribution in [1.29, 1.82) is 0 Å². The Morgan fingerprint density at radius 2 is 1.17 bits per heavy atom. The molecule has 42 heavy (non-hydrogen) atoms. The number of benzene rings is 4. The summed E-state index contributed by atoms with van der Waals surface area (Å²) in [5.41, 5.74) is 5.74. The Morgan fingerprint density at radius 3 is 1.67 bits per heavy atom. The molecule has 2 atom stereocenters. The fraction of sp³-hybridized carbons (Fsp3) is 0.182. The van der Waals surface area contributed by atoms with Crippen LogP contribution in [-0.2, 0) is 27.2 Å². The third kappa shape index (κ3) is 6.93. The maximum atomic E-state index is 13.4. The van der Waals surface area contributed by atoms with Gasteiger partial charge in [0.15, 0.2) is 0 Å². The van der Waals surface area contributed by atoms with Crippen molar-refractivity contribution in [1.82, 2.24) is 10.6 Å². The van der Waals surface area contributed by atoms with Crippen LogP contribution in [0.3, 0.4) is 0 Å². The molecule has 0 saturated heterocycles. The van der Waals surface area contributed by atoms with Gasteiger partial charge < -0.3 is 20.5 Å². The van der Waals surface area contributed by atoms with Crippen LogP contribution in [0.2, 0.25) is 10.0 Å². The maximum absolute atomic E-state index is 13.4. The van der Waals surface area contributed by atoms with Crippen LogP contribution in [-0.4, -0.2) is 41.8 Å². The molecule has 4 aromatic carbocycles. The van der Waals surface area contributed by atoms with E-state index in [4.69, 9.17) is 27.9 Å². The van der Waals surface area contributed by atoms with Crippen LogP contribution in [0.5, 0.6) is 0 Å². The topological polar surface area (TPSA) is 105 Å². The van der Waals surface area contributed by atoms with Crippen molar-refractivity contribution < 1.29 is 24.2 Å². The van der Waals surface area contributed by atoms with E-state index in [2.05, 4.69) is 10.6 Å². The summed E-state index contributed by atoms with van der Waals surface area (Å²) in [6.07, 6.45) is -0.646. The molecule has 0 bridgehead atoms. The zero-order chi connectivity index (χ0) is 29.6. The quantitative estimate of drug-likeness (QED) is 0.199. The summed E-state index contributed by atoms with van der Waals surface area (Å²) < 4.78 is 5.66. The van der Waals surface area contributed by atoms with E-state index in [9.17, 15) is 19.5 Å². The lowest BCUT2D eigenvalue weighted by Crippen LogP contribution is -2.53. The van der Waals surface area contributed by atoms with E-state index >= 15 is 0 Å². The maximum Gasteiger partial charge on any atom is 0.407 e. The van der Waals surface area contributed by atoms with E-state index < -0.39 is 30.1 Å². The number of carbonyl (C=O) groups is 3. The third-order valence-electron chi connectivity index (χ3n) is 7.27. The highest BCUT2D eigenvalue weighted by atomic mass is 35.5. The number of carboxylic acid groups (broad SMARTS) is 1. The normalized spacial score (nSPS) is 13.4. The first-order valence-electron chi connectivity index (χ1n) is 13.4. The molecule has 0 aliphatic heterocycles. The van der Waals surface area contributed by atoms with E-state index in [1.165, 1.54) is 0 Å². The number of halogens is 2. The molecule has 1 aliphatic rings. The minimum atomic E-state index is -1.23. The van der Waals surface area contributed by atoms with Gasteiger partial charge in [0.25, 0.3) is 0 Å². The van der Waals surface area contributed by atoms with Gasteiger partial charge in [-0.2, -0.15) is 0 Å². The van der Waals surface area contributed by atoms with Gasteiger partial charge in [-0.1, -0.05) is 96.0 Å². The molecule has 3 N–H and O–H groups in total. The van der Waals surface area contributed by atoms with Crippen molar-refractivity contribution in [2.75, 3.05) is 6.61 Å². The molecule has 0 saturated carbocycles. The summed E-state index contributed by atoms with van der Waals surface area (Å²) in [7, 11) is 0. The number of hydrogen-bond acceptors (Lipinski definition) is 4. The Morgan fingerprint density at radius 1 is 0.690 bits per heavy atom. The Balaban J connectivity index is 1.29. The van der Waals surface area contributed by atoms with Gasteiger partial charge in [0.05, 0.1) is 0 Å². The van der Waals surface area contributed by atoms with E-state index in [0.717, 1.165) is 27.8 Å². The molecule has 0 heterocycles. The summed E-state index contributed by atoms with van der Waals surface area (Å²) >= 11 is 12.0. The zero-order valence-electron chi connectivity index (χ0n) is 22.4. The monoisotopic (exact) mass is 602 g/mol. The van der Waals surface area contributed by atoms with Gasteiger partial charge in [-0.25, -0.2) is 9.59 Å². The lowest BCUT2D eigenvalue weighted by molar-refractivity contribution is -0.142. The first-order valence-corrected chi connectivity index (χ1v) is 14.2. The standard InChI is InChI=1S/C33H28Cl2N2O5/c34-22-13-9-20(10-14-22)17-29(31(38)36-30(32(39)40)18-21-11-15-23(35)16-12-21)37-33(41)42-19-28-26-7-3-1-5-24(26)25-6-2-4-8-27(25)28/h1-16,28-30H,17-19H2,(H,36,38)(H,37,41)(H,39,40)/t29-,30-/m1/s1. The number of nitrogens with one attached hydrogen (secondary N) is 2. The number of ether oxygens (including phenoxy) is 1. The van der Waals surface area contributed by atoms with Gasteiger partial charge in [-0.15, -0.1) is 0 Å². The second-order valence-electron chi connectivity index (χ2n) is 10.1. The van der Waals surface area contributed by atoms with Gasteiger partial charge in [0, 0.05) is 28.8 Å². The molecule has 0 radical (unpaired) electrons. The van der Waals surface area contributed by atoms with Crippen LogP contribution in [0.1, 0.15) is 28.2 Å². The first kappa shape index (κ1) is 29.2. The molecule has 1 aliphatic carbocycles. The second-order valence-corrected chi connectivity index (χ2v) is 11.0. The minimum Gasteiger partial charge on any atom is -0.480 e. The summed E-state index contributed by atoms with van der Waals surface area (Å²) in [5, 5.41) is 16.1. The van der Waals surface area contributed by atoms with Crippen LogP contribution in [0.4, 0.5) is 4.79 Å². The van der Waals surface area contributed by atoms with Crippen molar-refractivity contribution >= 4 is 41.2 Å². The zero-order valence-corrected chi connectivity index (χ0v) is 23.9. The van der Waals surface area contributed by atoms with E-state index in [-0.39, 0.29) is 25.4 Å². The molecule has 2 amide bonds. The minimum absolute atomic E-state index is 0.0385. The smallest absolute Gasteiger partial charge is 0.407 e. The first-order chi connectivity index (χ1) is 20.3. The van der Waals surface area contributed by atoms with E-state index in [0.29, 0.717) is 15.6 Å². The van der Waals surface area contributed by atoms with Crippen LogP contribution in [0, 0.1) is 0 Å². The highest BCUT2D eigenvalue weighted by molar-refractivity contribution is 6.30. The summed E-state index contributed by atoms with van der Waals surface area (Å²) in [4.78, 5) is 38.5. The number of carboxylic acids is 1. The summed E-state index contributed by atoms with van der Waals surface area (Å²) in [5.74, 6) is -2.01. The molecule has 0 aromatic heterocycles. The molecule has 0 spiro atoms. The number of amides is 2. The van der Waals surface area contributed by atoms with Gasteiger partial charge in [-0.3, -0.25) is 4.79 Å². The largest absolute Gasteiger partial charge is 0.480 e. The molecule has 0 unspecified atom stereocenters. The fourth-order valence-corrected chi connectivity index (χ4v) is 5.43. The number of fused-ring (bicyclic) bond motifs is 3. The number of alkyl carbamates (subject to hydrolysis) is 1. The van der Waals surface area contributed by atoms with Gasteiger partial charge in [0.2, 0.25) is 5.91 Å². The van der Waals surface area contributed by atoms with Crippen molar-refractivity contribution in [3.8, 4) is 11.1 Å².